The highest BCUT2D eigenvalue weighted by atomic mass is 35.5. The first-order valence-corrected chi connectivity index (χ1v) is 7.68. The molecule has 1 atom stereocenters. The Bertz CT molecular complexity index is 772. The minimum Gasteiger partial charge on any atom is -0.480 e. The number of hydrogen-bond acceptors (Lipinski definition) is 4. The zero-order valence-corrected chi connectivity index (χ0v) is 12.4. The van der Waals surface area contributed by atoms with E-state index >= 15 is 0 Å². The number of H-pyrrole nitrogens is 1. The first kappa shape index (κ1) is 15.5. The van der Waals surface area contributed by atoms with E-state index in [2.05, 4.69) is 14.9 Å². The monoisotopic (exact) mass is 329 g/mol. The molecule has 21 heavy (non-hydrogen) atoms. The number of rotatable bonds is 5. The fourth-order valence-electron chi connectivity index (χ4n) is 1.79. The van der Waals surface area contributed by atoms with E-state index in [1.54, 1.807) is 12.1 Å². The summed E-state index contributed by atoms with van der Waals surface area (Å²) in [4.78, 5) is 11.3. The summed E-state index contributed by atoms with van der Waals surface area (Å²) in [5.41, 5.74) is 0.474. The lowest BCUT2D eigenvalue weighted by Crippen LogP contribution is -2.34. The van der Waals surface area contributed by atoms with Crippen LogP contribution in [0.5, 0.6) is 0 Å². The highest BCUT2D eigenvalue weighted by Gasteiger charge is 2.29. The number of aryl methyl sites for hydroxylation is 1. The summed E-state index contributed by atoms with van der Waals surface area (Å²) in [5.74, 6) is -1.35. The first-order valence-electron chi connectivity index (χ1n) is 5.82. The van der Waals surface area contributed by atoms with Gasteiger partial charge in [-0.05, 0) is 18.6 Å². The number of hydrogen-bond donors (Lipinski definition) is 3. The van der Waals surface area contributed by atoms with Gasteiger partial charge in [0.25, 0.3) is 0 Å². The lowest BCUT2D eigenvalue weighted by molar-refractivity contribution is -0.139. The maximum absolute atomic E-state index is 12.2. The maximum atomic E-state index is 12.2. The molecular weight excluding hydrogens is 318 g/mol. The van der Waals surface area contributed by atoms with Gasteiger partial charge in [-0.25, -0.2) is 8.42 Å². The van der Waals surface area contributed by atoms with Crippen LogP contribution in [0.2, 0.25) is 5.02 Å². The number of carbonyl (C=O) groups is 1. The van der Waals surface area contributed by atoms with Crippen molar-refractivity contribution in [2.75, 3.05) is 0 Å². The van der Waals surface area contributed by atoms with Crippen LogP contribution in [0.4, 0.5) is 0 Å². The molecule has 0 spiro atoms. The molecule has 112 valence electrons. The first-order chi connectivity index (χ1) is 9.83. The highest BCUT2D eigenvalue weighted by molar-refractivity contribution is 7.89. The number of carboxylic acid groups (broad SMARTS) is 1. The van der Waals surface area contributed by atoms with Crippen molar-refractivity contribution >= 4 is 27.6 Å². The van der Waals surface area contributed by atoms with E-state index in [0.29, 0.717) is 5.69 Å². The van der Waals surface area contributed by atoms with Gasteiger partial charge in [0, 0.05) is 5.02 Å². The summed E-state index contributed by atoms with van der Waals surface area (Å²) in [6.45, 7) is 1.52. The van der Waals surface area contributed by atoms with Crippen LogP contribution < -0.4 is 4.72 Å². The van der Waals surface area contributed by atoms with Crippen molar-refractivity contribution in [1.29, 1.82) is 0 Å². The van der Waals surface area contributed by atoms with Gasteiger partial charge < -0.3 is 5.11 Å². The van der Waals surface area contributed by atoms with Crippen LogP contribution in [0, 0.1) is 6.92 Å². The number of aliphatic carboxylic acids is 1. The number of aromatic nitrogens is 2. The molecule has 0 radical (unpaired) electrons. The standard InChI is InChI=1S/C12H12ClN3O4S/c1-7-10(6-14-15-7)21(19,20)16-11(12(17)18)8-4-2-3-5-9(8)13/h2-6,11,16H,1H3,(H,14,15)(H,17,18)/t11-/m1/s1. The van der Waals surface area contributed by atoms with Crippen molar-refractivity contribution in [3.05, 3.63) is 46.7 Å². The quantitative estimate of drug-likeness (QED) is 0.769. The van der Waals surface area contributed by atoms with E-state index in [4.69, 9.17) is 11.6 Å². The van der Waals surface area contributed by atoms with Gasteiger partial charge in [-0.15, -0.1) is 0 Å². The molecule has 0 saturated heterocycles. The van der Waals surface area contributed by atoms with Gasteiger partial charge in [0.15, 0.2) is 0 Å². The topological polar surface area (TPSA) is 112 Å². The van der Waals surface area contributed by atoms with Crippen LogP contribution in [0.1, 0.15) is 17.3 Å². The second kappa shape index (κ2) is 5.84. The molecule has 1 aromatic heterocycles. The molecule has 7 nitrogen and oxygen atoms in total. The Morgan fingerprint density at radius 1 is 1.43 bits per heavy atom. The normalized spacial score (nSPS) is 13.0. The van der Waals surface area contributed by atoms with Crippen molar-refractivity contribution < 1.29 is 18.3 Å². The van der Waals surface area contributed by atoms with E-state index in [-0.39, 0.29) is 15.5 Å². The van der Waals surface area contributed by atoms with Crippen molar-refractivity contribution in [2.45, 2.75) is 17.9 Å². The Labute approximate surface area is 126 Å². The number of halogens is 1. The summed E-state index contributed by atoms with van der Waals surface area (Å²) in [6, 6.07) is 4.66. The molecule has 0 saturated carbocycles. The molecule has 1 aromatic carbocycles. The molecule has 2 rings (SSSR count). The summed E-state index contributed by atoms with van der Waals surface area (Å²) in [5, 5.41) is 15.5. The summed E-state index contributed by atoms with van der Waals surface area (Å²) in [7, 11) is -4.04. The van der Waals surface area contributed by atoms with Gasteiger partial charge in [-0.1, -0.05) is 29.8 Å². The van der Waals surface area contributed by atoms with Crippen molar-refractivity contribution in [3.63, 3.8) is 0 Å². The Balaban J connectivity index is 2.41. The predicted octanol–water partition coefficient (Wildman–Crippen LogP) is 1.48. The summed E-state index contributed by atoms with van der Waals surface area (Å²) >= 11 is 5.93. The number of benzene rings is 1. The van der Waals surface area contributed by atoms with E-state index < -0.39 is 22.0 Å². The fraction of sp³-hybridized carbons (Fsp3) is 0.167. The molecule has 1 heterocycles. The zero-order valence-electron chi connectivity index (χ0n) is 10.9. The van der Waals surface area contributed by atoms with Crippen LogP contribution in [-0.4, -0.2) is 29.7 Å². The third-order valence-corrected chi connectivity index (χ3v) is 4.69. The van der Waals surface area contributed by atoms with E-state index in [1.807, 2.05) is 0 Å². The van der Waals surface area contributed by atoms with Crippen LogP contribution in [0.3, 0.4) is 0 Å². The van der Waals surface area contributed by atoms with Gasteiger partial charge in [0.2, 0.25) is 10.0 Å². The molecule has 0 aliphatic carbocycles. The lowest BCUT2D eigenvalue weighted by atomic mass is 10.1. The van der Waals surface area contributed by atoms with E-state index in [9.17, 15) is 18.3 Å². The number of nitrogens with zero attached hydrogens (tertiary/aromatic N) is 1. The molecule has 9 heteroatoms. The molecule has 0 fully saturated rings. The Morgan fingerprint density at radius 3 is 2.62 bits per heavy atom. The van der Waals surface area contributed by atoms with Crippen molar-refractivity contribution in [3.8, 4) is 0 Å². The van der Waals surface area contributed by atoms with Gasteiger partial charge in [-0.3, -0.25) is 9.89 Å². The molecule has 3 N–H and O–H groups in total. The molecule has 0 bridgehead atoms. The Kier molecular flexibility index (Phi) is 4.31. The number of sulfonamides is 1. The molecule has 0 aliphatic heterocycles. The van der Waals surface area contributed by atoms with Crippen molar-refractivity contribution in [1.82, 2.24) is 14.9 Å². The van der Waals surface area contributed by atoms with E-state index in [0.717, 1.165) is 6.20 Å². The second-order valence-electron chi connectivity index (χ2n) is 4.27. The smallest absolute Gasteiger partial charge is 0.326 e. The molecule has 0 unspecified atom stereocenters. The largest absolute Gasteiger partial charge is 0.480 e. The molecule has 0 aliphatic rings. The number of nitrogens with one attached hydrogen (secondary N) is 2. The van der Waals surface area contributed by atoms with Gasteiger partial charge in [0.1, 0.15) is 10.9 Å². The van der Waals surface area contributed by atoms with Crippen LogP contribution >= 0.6 is 11.6 Å². The van der Waals surface area contributed by atoms with Crippen molar-refractivity contribution in [2.24, 2.45) is 0 Å². The maximum Gasteiger partial charge on any atom is 0.326 e. The Hall–Kier alpha value is -1.90. The molecule has 0 amide bonds. The van der Waals surface area contributed by atoms with Gasteiger partial charge in [0.05, 0.1) is 11.9 Å². The number of carboxylic acids is 1. The van der Waals surface area contributed by atoms with Crippen LogP contribution in [0.15, 0.2) is 35.4 Å². The Morgan fingerprint density at radius 2 is 2.10 bits per heavy atom. The number of aromatic amines is 1. The van der Waals surface area contributed by atoms with E-state index in [1.165, 1.54) is 19.1 Å². The SMILES string of the molecule is Cc1[nH]ncc1S(=O)(=O)N[C@@H](C(=O)O)c1ccccc1Cl. The average molecular weight is 330 g/mol. The third-order valence-electron chi connectivity index (χ3n) is 2.81. The predicted molar refractivity (Wildman–Crippen MR) is 75.5 cm³/mol. The van der Waals surface area contributed by atoms with Crippen LogP contribution in [0.25, 0.3) is 0 Å². The van der Waals surface area contributed by atoms with Gasteiger partial charge in [-0.2, -0.15) is 9.82 Å². The fourth-order valence-corrected chi connectivity index (χ4v) is 3.34. The summed E-state index contributed by atoms with van der Waals surface area (Å²) < 4.78 is 26.6. The minimum absolute atomic E-state index is 0.110. The second-order valence-corrected chi connectivity index (χ2v) is 6.36. The minimum atomic E-state index is -4.04. The van der Waals surface area contributed by atoms with Gasteiger partial charge >= 0.3 is 5.97 Å². The molecular formula is C12H12ClN3O4S. The van der Waals surface area contributed by atoms with Crippen LogP contribution in [-0.2, 0) is 14.8 Å². The highest BCUT2D eigenvalue weighted by Crippen LogP contribution is 2.25. The summed E-state index contributed by atoms with van der Waals surface area (Å²) in [6.07, 6.45) is 1.11. The lowest BCUT2D eigenvalue weighted by Gasteiger charge is -2.16. The molecule has 2 aromatic rings. The third kappa shape index (κ3) is 3.23. The zero-order chi connectivity index (χ0) is 15.6. The average Bonchev–Trinajstić information content (AvgIpc) is 2.84.